The molecule has 0 aromatic heterocycles. The molecule has 1 saturated carbocycles. The molecule has 1 aliphatic rings. The van der Waals surface area contributed by atoms with Crippen molar-refractivity contribution in [2.45, 2.75) is 32.1 Å². The molecule has 0 aliphatic heterocycles. The van der Waals surface area contributed by atoms with Gasteiger partial charge in [-0.05, 0) is 42.4 Å². The monoisotopic (exact) mass is 252 g/mol. The number of rotatable bonds is 6. The Morgan fingerprint density at radius 3 is 2.94 bits per heavy atom. The van der Waals surface area contributed by atoms with Gasteiger partial charge in [-0.1, -0.05) is 24.6 Å². The lowest BCUT2D eigenvalue weighted by atomic mass is 9.98. The van der Waals surface area contributed by atoms with Crippen LogP contribution in [0.1, 0.15) is 37.7 Å². The molecule has 1 aromatic carbocycles. The predicted octanol–water partition coefficient (Wildman–Crippen LogP) is 3.82. The SMILES string of the molecule is CC(CC=O)c1ccc(Cl)c(OCC2CC2)c1. The fourth-order valence-corrected chi connectivity index (χ4v) is 1.88. The first-order valence-electron chi connectivity index (χ1n) is 6.06. The van der Waals surface area contributed by atoms with Crippen LogP contribution in [-0.2, 0) is 4.79 Å². The number of halogens is 1. The summed E-state index contributed by atoms with van der Waals surface area (Å²) in [5.41, 5.74) is 1.10. The van der Waals surface area contributed by atoms with E-state index in [0.717, 1.165) is 24.2 Å². The Morgan fingerprint density at radius 2 is 2.29 bits per heavy atom. The standard InChI is InChI=1S/C14H17ClO2/c1-10(6-7-16)12-4-5-13(15)14(8-12)17-9-11-2-3-11/h4-5,7-8,10-11H,2-3,6,9H2,1H3. The first kappa shape index (κ1) is 12.4. The van der Waals surface area contributed by atoms with Crippen LogP contribution in [0.25, 0.3) is 0 Å². The second-order valence-corrected chi connectivity index (χ2v) is 5.15. The van der Waals surface area contributed by atoms with E-state index in [9.17, 15) is 4.79 Å². The molecule has 0 heterocycles. The highest BCUT2D eigenvalue weighted by atomic mass is 35.5. The van der Waals surface area contributed by atoms with E-state index in [-0.39, 0.29) is 5.92 Å². The topological polar surface area (TPSA) is 26.3 Å². The molecule has 0 spiro atoms. The lowest BCUT2D eigenvalue weighted by Gasteiger charge is -2.12. The zero-order valence-corrected chi connectivity index (χ0v) is 10.7. The quantitative estimate of drug-likeness (QED) is 0.720. The molecule has 1 atom stereocenters. The Kier molecular flexibility index (Phi) is 4.06. The van der Waals surface area contributed by atoms with Gasteiger partial charge in [-0.25, -0.2) is 0 Å². The maximum atomic E-state index is 10.5. The van der Waals surface area contributed by atoms with E-state index in [0.29, 0.717) is 17.4 Å². The second-order valence-electron chi connectivity index (χ2n) is 4.75. The highest BCUT2D eigenvalue weighted by Crippen LogP contribution is 2.33. The van der Waals surface area contributed by atoms with Crippen molar-refractivity contribution in [1.29, 1.82) is 0 Å². The normalized spacial score (nSPS) is 16.6. The fourth-order valence-electron chi connectivity index (χ4n) is 1.71. The molecular weight excluding hydrogens is 236 g/mol. The zero-order chi connectivity index (χ0) is 12.3. The van der Waals surface area contributed by atoms with Crippen molar-refractivity contribution in [3.63, 3.8) is 0 Å². The Bertz CT molecular complexity index is 399. The van der Waals surface area contributed by atoms with Crippen LogP contribution in [0.4, 0.5) is 0 Å². The molecule has 2 nitrogen and oxygen atoms in total. The van der Waals surface area contributed by atoms with Crippen LogP contribution in [0.3, 0.4) is 0 Å². The van der Waals surface area contributed by atoms with Gasteiger partial charge in [0, 0.05) is 6.42 Å². The molecule has 92 valence electrons. The summed E-state index contributed by atoms with van der Waals surface area (Å²) < 4.78 is 5.71. The van der Waals surface area contributed by atoms with Crippen LogP contribution in [0, 0.1) is 5.92 Å². The molecule has 1 fully saturated rings. The van der Waals surface area contributed by atoms with Gasteiger partial charge >= 0.3 is 0 Å². The fraction of sp³-hybridized carbons (Fsp3) is 0.500. The summed E-state index contributed by atoms with van der Waals surface area (Å²) in [6.45, 7) is 2.79. The van der Waals surface area contributed by atoms with Gasteiger partial charge in [0.05, 0.1) is 11.6 Å². The predicted molar refractivity (Wildman–Crippen MR) is 68.8 cm³/mol. The first-order chi connectivity index (χ1) is 8.20. The summed E-state index contributed by atoms with van der Waals surface area (Å²) in [7, 11) is 0. The van der Waals surface area contributed by atoms with Crippen LogP contribution >= 0.6 is 11.6 Å². The lowest BCUT2D eigenvalue weighted by molar-refractivity contribution is -0.108. The van der Waals surface area contributed by atoms with E-state index in [4.69, 9.17) is 16.3 Å². The van der Waals surface area contributed by atoms with E-state index in [1.807, 2.05) is 25.1 Å². The van der Waals surface area contributed by atoms with Crippen molar-refractivity contribution >= 4 is 17.9 Å². The maximum Gasteiger partial charge on any atom is 0.138 e. The van der Waals surface area contributed by atoms with E-state index < -0.39 is 0 Å². The van der Waals surface area contributed by atoms with Gasteiger partial charge in [-0.3, -0.25) is 0 Å². The number of carbonyl (C=O) groups excluding carboxylic acids is 1. The number of hydrogen-bond acceptors (Lipinski definition) is 2. The van der Waals surface area contributed by atoms with E-state index >= 15 is 0 Å². The summed E-state index contributed by atoms with van der Waals surface area (Å²) in [4.78, 5) is 10.5. The van der Waals surface area contributed by atoms with Gasteiger partial charge in [0.15, 0.2) is 0 Å². The molecule has 0 N–H and O–H groups in total. The smallest absolute Gasteiger partial charge is 0.138 e. The van der Waals surface area contributed by atoms with Gasteiger partial charge in [0.1, 0.15) is 12.0 Å². The minimum Gasteiger partial charge on any atom is -0.492 e. The Labute approximate surface area is 107 Å². The van der Waals surface area contributed by atoms with Gasteiger partial charge < -0.3 is 9.53 Å². The van der Waals surface area contributed by atoms with Crippen LogP contribution in [0.5, 0.6) is 5.75 Å². The summed E-state index contributed by atoms with van der Waals surface area (Å²) in [6, 6.07) is 5.76. The summed E-state index contributed by atoms with van der Waals surface area (Å²) in [6.07, 6.45) is 4.01. The average molecular weight is 253 g/mol. The van der Waals surface area contributed by atoms with E-state index in [2.05, 4.69) is 0 Å². The highest BCUT2D eigenvalue weighted by Gasteiger charge is 2.22. The van der Waals surface area contributed by atoms with Gasteiger partial charge in [-0.2, -0.15) is 0 Å². The second kappa shape index (κ2) is 5.54. The zero-order valence-electron chi connectivity index (χ0n) is 9.99. The summed E-state index contributed by atoms with van der Waals surface area (Å²) in [5.74, 6) is 1.67. The van der Waals surface area contributed by atoms with Crippen molar-refractivity contribution in [1.82, 2.24) is 0 Å². The van der Waals surface area contributed by atoms with Crippen molar-refractivity contribution in [3.8, 4) is 5.75 Å². The molecule has 1 aliphatic carbocycles. The molecule has 0 amide bonds. The molecule has 1 aromatic rings. The van der Waals surface area contributed by atoms with E-state index in [1.165, 1.54) is 12.8 Å². The Morgan fingerprint density at radius 1 is 1.53 bits per heavy atom. The largest absolute Gasteiger partial charge is 0.492 e. The van der Waals surface area contributed by atoms with Gasteiger partial charge in [0.2, 0.25) is 0 Å². The van der Waals surface area contributed by atoms with Crippen molar-refractivity contribution in [3.05, 3.63) is 28.8 Å². The molecule has 3 heteroatoms. The van der Waals surface area contributed by atoms with Crippen molar-refractivity contribution < 1.29 is 9.53 Å². The highest BCUT2D eigenvalue weighted by molar-refractivity contribution is 6.32. The third-order valence-corrected chi connectivity index (χ3v) is 3.46. The van der Waals surface area contributed by atoms with Crippen LogP contribution in [-0.4, -0.2) is 12.9 Å². The number of benzene rings is 1. The van der Waals surface area contributed by atoms with Crippen molar-refractivity contribution in [2.24, 2.45) is 5.92 Å². The van der Waals surface area contributed by atoms with Crippen molar-refractivity contribution in [2.75, 3.05) is 6.61 Å². The van der Waals surface area contributed by atoms with Crippen LogP contribution in [0.15, 0.2) is 18.2 Å². The van der Waals surface area contributed by atoms with Gasteiger partial charge in [-0.15, -0.1) is 0 Å². The molecule has 2 rings (SSSR count). The number of ether oxygens (including phenoxy) is 1. The third-order valence-electron chi connectivity index (χ3n) is 3.15. The van der Waals surface area contributed by atoms with Crippen LogP contribution < -0.4 is 4.74 Å². The number of hydrogen-bond donors (Lipinski definition) is 0. The Balaban J connectivity index is 2.06. The third kappa shape index (κ3) is 3.47. The number of aldehydes is 1. The average Bonchev–Trinajstić information content (AvgIpc) is 3.12. The van der Waals surface area contributed by atoms with Crippen LogP contribution in [0.2, 0.25) is 5.02 Å². The van der Waals surface area contributed by atoms with Gasteiger partial charge in [0.25, 0.3) is 0 Å². The lowest BCUT2D eigenvalue weighted by Crippen LogP contribution is -2.01. The van der Waals surface area contributed by atoms with E-state index in [1.54, 1.807) is 0 Å². The minimum atomic E-state index is 0.216. The molecular formula is C14H17ClO2. The molecule has 17 heavy (non-hydrogen) atoms. The molecule has 0 radical (unpaired) electrons. The maximum absolute atomic E-state index is 10.5. The minimum absolute atomic E-state index is 0.216. The summed E-state index contributed by atoms with van der Waals surface area (Å²) >= 11 is 6.09. The Hall–Kier alpha value is -1.02. The molecule has 1 unspecified atom stereocenters. The molecule has 0 saturated heterocycles. The number of carbonyl (C=O) groups is 1. The first-order valence-corrected chi connectivity index (χ1v) is 6.44. The molecule has 0 bridgehead atoms. The summed E-state index contributed by atoms with van der Waals surface area (Å²) in [5, 5.41) is 0.646.